The normalized spacial score (nSPS) is 17.1. The van der Waals surface area contributed by atoms with Gasteiger partial charge in [-0.3, -0.25) is 4.90 Å². The van der Waals surface area contributed by atoms with Gasteiger partial charge in [0.05, 0.1) is 0 Å². The molecule has 0 aromatic heterocycles. The number of rotatable bonds is 10. The van der Waals surface area contributed by atoms with Crippen LogP contribution in [0.3, 0.4) is 0 Å². The van der Waals surface area contributed by atoms with E-state index < -0.39 is 0 Å². The summed E-state index contributed by atoms with van der Waals surface area (Å²) in [6.45, 7) is 13.5. The van der Waals surface area contributed by atoms with Gasteiger partial charge in [-0.25, -0.2) is 0 Å². The van der Waals surface area contributed by atoms with Gasteiger partial charge < -0.3 is 5.73 Å². The van der Waals surface area contributed by atoms with Crippen molar-refractivity contribution in [2.45, 2.75) is 84.7 Å². The molecule has 0 radical (unpaired) electrons. The smallest absolute Gasteiger partial charge is 0.0331 e. The molecule has 2 N–H and O–H groups in total. The summed E-state index contributed by atoms with van der Waals surface area (Å²) in [4.78, 5) is 2.69. The molecule has 0 fully saturated rings. The summed E-state index contributed by atoms with van der Waals surface area (Å²) in [6, 6.07) is 0.650. The Morgan fingerprint density at radius 1 is 1.12 bits per heavy atom. The molecule has 104 valence electrons. The van der Waals surface area contributed by atoms with Crippen LogP contribution in [-0.2, 0) is 0 Å². The molecule has 0 aliphatic heterocycles. The van der Waals surface area contributed by atoms with Gasteiger partial charge in [-0.1, -0.05) is 40.5 Å². The summed E-state index contributed by atoms with van der Waals surface area (Å²) in [7, 11) is 0. The van der Waals surface area contributed by atoms with E-state index in [4.69, 9.17) is 5.73 Å². The van der Waals surface area contributed by atoms with Crippen LogP contribution >= 0.6 is 0 Å². The fourth-order valence-electron chi connectivity index (χ4n) is 2.83. The Kier molecular flexibility index (Phi) is 8.89. The van der Waals surface area contributed by atoms with E-state index in [9.17, 15) is 0 Å². The molecule has 0 aliphatic rings. The number of unbranched alkanes of at least 4 members (excludes halogenated alkanes) is 1. The Morgan fingerprint density at radius 3 is 2.12 bits per heavy atom. The van der Waals surface area contributed by atoms with E-state index in [-0.39, 0.29) is 5.54 Å². The molecule has 0 rings (SSSR count). The first-order valence-corrected chi connectivity index (χ1v) is 7.58. The quantitative estimate of drug-likeness (QED) is 0.631. The molecule has 0 saturated carbocycles. The van der Waals surface area contributed by atoms with Crippen molar-refractivity contribution in [2.75, 3.05) is 13.1 Å². The lowest BCUT2D eigenvalue weighted by Crippen LogP contribution is -2.57. The minimum Gasteiger partial charge on any atom is -0.329 e. The van der Waals surface area contributed by atoms with Crippen LogP contribution in [0, 0.1) is 0 Å². The van der Waals surface area contributed by atoms with Gasteiger partial charge in [0.15, 0.2) is 0 Å². The van der Waals surface area contributed by atoms with Crippen molar-refractivity contribution in [3.8, 4) is 0 Å². The fourth-order valence-corrected chi connectivity index (χ4v) is 2.83. The van der Waals surface area contributed by atoms with Crippen molar-refractivity contribution >= 4 is 0 Å². The van der Waals surface area contributed by atoms with Gasteiger partial charge in [-0.15, -0.1) is 0 Å². The minimum atomic E-state index is 0.235. The van der Waals surface area contributed by atoms with Crippen LogP contribution in [0.25, 0.3) is 0 Å². The van der Waals surface area contributed by atoms with Gasteiger partial charge in [0.25, 0.3) is 0 Å². The zero-order valence-electron chi connectivity index (χ0n) is 12.8. The van der Waals surface area contributed by atoms with Gasteiger partial charge in [-0.2, -0.15) is 0 Å². The Morgan fingerprint density at radius 2 is 1.76 bits per heavy atom. The van der Waals surface area contributed by atoms with E-state index in [0.717, 1.165) is 6.54 Å². The molecule has 2 heteroatoms. The van der Waals surface area contributed by atoms with Gasteiger partial charge >= 0.3 is 0 Å². The highest BCUT2D eigenvalue weighted by molar-refractivity contribution is 4.92. The number of hydrogen-bond donors (Lipinski definition) is 1. The minimum absolute atomic E-state index is 0.235. The van der Waals surface area contributed by atoms with Gasteiger partial charge in [0.2, 0.25) is 0 Å². The third-order valence-electron chi connectivity index (χ3n) is 4.24. The molecule has 0 saturated heterocycles. The van der Waals surface area contributed by atoms with Crippen LogP contribution in [0.1, 0.15) is 73.1 Å². The van der Waals surface area contributed by atoms with E-state index in [2.05, 4.69) is 39.5 Å². The average molecular weight is 242 g/mol. The van der Waals surface area contributed by atoms with Gasteiger partial charge in [0.1, 0.15) is 0 Å². The molecule has 2 atom stereocenters. The highest BCUT2D eigenvalue weighted by Crippen LogP contribution is 2.28. The van der Waals surface area contributed by atoms with Crippen LogP contribution < -0.4 is 5.73 Å². The second-order valence-electron chi connectivity index (χ2n) is 5.34. The second-order valence-corrected chi connectivity index (χ2v) is 5.34. The van der Waals surface area contributed by atoms with Crippen molar-refractivity contribution in [3.05, 3.63) is 0 Å². The lowest BCUT2D eigenvalue weighted by atomic mass is 9.86. The average Bonchev–Trinajstić information content (AvgIpc) is 2.37. The predicted molar refractivity (Wildman–Crippen MR) is 78.4 cm³/mol. The summed E-state index contributed by atoms with van der Waals surface area (Å²) in [5.41, 5.74) is 6.36. The third-order valence-corrected chi connectivity index (χ3v) is 4.24. The summed E-state index contributed by atoms with van der Waals surface area (Å²) in [6.07, 6.45) is 7.40. The largest absolute Gasteiger partial charge is 0.329 e. The number of nitrogens with zero attached hydrogens (tertiary/aromatic N) is 1. The van der Waals surface area contributed by atoms with Crippen molar-refractivity contribution in [1.29, 1.82) is 0 Å². The number of hydrogen-bond acceptors (Lipinski definition) is 2. The fraction of sp³-hybridized carbons (Fsp3) is 1.00. The van der Waals surface area contributed by atoms with E-state index >= 15 is 0 Å². The first-order chi connectivity index (χ1) is 8.11. The van der Waals surface area contributed by atoms with Crippen LogP contribution in [0.4, 0.5) is 0 Å². The zero-order chi connectivity index (χ0) is 13.3. The third kappa shape index (κ3) is 4.59. The molecular formula is C15H34N2. The second kappa shape index (κ2) is 8.93. The molecule has 2 nitrogen and oxygen atoms in total. The van der Waals surface area contributed by atoms with Crippen LogP contribution in [0.15, 0.2) is 0 Å². The summed E-state index contributed by atoms with van der Waals surface area (Å²) < 4.78 is 0. The molecule has 0 aromatic carbocycles. The Bertz CT molecular complexity index is 176. The van der Waals surface area contributed by atoms with Crippen molar-refractivity contribution in [3.63, 3.8) is 0 Å². The number of nitrogens with two attached hydrogens (primary N) is 1. The molecule has 2 unspecified atom stereocenters. The van der Waals surface area contributed by atoms with E-state index in [1.807, 2.05) is 0 Å². The highest BCUT2D eigenvalue weighted by atomic mass is 15.2. The molecule has 0 spiro atoms. The molecule has 17 heavy (non-hydrogen) atoms. The maximum atomic E-state index is 6.13. The predicted octanol–water partition coefficient (Wildman–Crippen LogP) is 3.79. The van der Waals surface area contributed by atoms with E-state index in [1.165, 1.54) is 45.1 Å². The highest BCUT2D eigenvalue weighted by Gasteiger charge is 2.34. The lowest BCUT2D eigenvalue weighted by molar-refractivity contribution is 0.0395. The Labute approximate surface area is 109 Å². The lowest BCUT2D eigenvalue weighted by Gasteiger charge is -2.46. The van der Waals surface area contributed by atoms with Crippen molar-refractivity contribution in [1.82, 2.24) is 4.90 Å². The van der Waals surface area contributed by atoms with E-state index in [0.29, 0.717) is 6.04 Å². The maximum absolute atomic E-state index is 6.13. The maximum Gasteiger partial charge on any atom is 0.0331 e. The van der Waals surface area contributed by atoms with Crippen molar-refractivity contribution < 1.29 is 0 Å². The summed E-state index contributed by atoms with van der Waals surface area (Å²) in [5.74, 6) is 0. The molecule has 0 aromatic rings. The topological polar surface area (TPSA) is 29.3 Å². The molecule has 0 amide bonds. The Balaban J connectivity index is 4.90. The summed E-state index contributed by atoms with van der Waals surface area (Å²) in [5, 5.41) is 0. The van der Waals surface area contributed by atoms with E-state index in [1.54, 1.807) is 0 Å². The van der Waals surface area contributed by atoms with Crippen LogP contribution in [0.2, 0.25) is 0 Å². The monoisotopic (exact) mass is 242 g/mol. The first-order valence-electron chi connectivity index (χ1n) is 7.58. The molecule has 0 bridgehead atoms. The molecule has 0 heterocycles. The van der Waals surface area contributed by atoms with Gasteiger partial charge in [0, 0.05) is 18.1 Å². The SMILES string of the molecule is CCCCN(C(C)CC)C(CC)(CN)CCC. The molecule has 0 aliphatic carbocycles. The van der Waals surface area contributed by atoms with Crippen molar-refractivity contribution in [2.24, 2.45) is 5.73 Å². The first kappa shape index (κ1) is 16.9. The van der Waals surface area contributed by atoms with Gasteiger partial charge in [-0.05, 0) is 39.2 Å². The van der Waals surface area contributed by atoms with Crippen LogP contribution in [0.5, 0.6) is 0 Å². The zero-order valence-corrected chi connectivity index (χ0v) is 12.8. The summed E-state index contributed by atoms with van der Waals surface area (Å²) >= 11 is 0. The standard InChI is InChI=1S/C15H34N2/c1-6-10-12-17(14(5)8-3)15(9-4,13-16)11-7-2/h14H,6-13,16H2,1-5H3. The molecular weight excluding hydrogens is 208 g/mol. The Hall–Kier alpha value is -0.0800. The van der Waals surface area contributed by atoms with Crippen LogP contribution in [-0.4, -0.2) is 29.6 Å².